The van der Waals surface area contributed by atoms with Crippen LogP contribution >= 0.6 is 22.9 Å². The molecule has 48 valence electrons. The highest BCUT2D eigenvalue weighted by molar-refractivity contribution is 7.10. The number of hydrogen-bond donors (Lipinski definition) is 0. The van der Waals surface area contributed by atoms with Gasteiger partial charge in [-0.2, -0.15) is 0 Å². The van der Waals surface area contributed by atoms with Crippen LogP contribution in [0.3, 0.4) is 0 Å². The molecule has 0 bridgehead atoms. The molecular formula is C7H7ClS. The molecular weight excluding hydrogens is 152 g/mol. The van der Waals surface area contributed by atoms with Gasteiger partial charge in [0.05, 0.1) is 5.02 Å². The van der Waals surface area contributed by atoms with E-state index in [0.29, 0.717) is 0 Å². The van der Waals surface area contributed by atoms with Crippen molar-refractivity contribution in [3.63, 3.8) is 0 Å². The Balaban J connectivity index is 2.80. The van der Waals surface area contributed by atoms with Crippen LogP contribution in [0, 0.1) is 0 Å². The summed E-state index contributed by atoms with van der Waals surface area (Å²) in [5, 5.41) is 2.85. The quantitative estimate of drug-likeness (QED) is 0.581. The van der Waals surface area contributed by atoms with Gasteiger partial charge in [0.2, 0.25) is 0 Å². The first kappa shape index (κ1) is 6.84. The zero-order valence-electron chi connectivity index (χ0n) is 4.93. The van der Waals surface area contributed by atoms with Crippen molar-refractivity contribution >= 4 is 22.9 Å². The summed E-state index contributed by atoms with van der Waals surface area (Å²) in [4.78, 5) is 1.20. The molecule has 0 nitrogen and oxygen atoms in total. The molecule has 0 saturated carbocycles. The highest BCUT2D eigenvalue weighted by Crippen LogP contribution is 2.22. The summed E-state index contributed by atoms with van der Waals surface area (Å²) >= 11 is 7.45. The van der Waals surface area contributed by atoms with Crippen LogP contribution in [0.1, 0.15) is 4.88 Å². The molecule has 9 heavy (non-hydrogen) atoms. The number of allylic oxidation sites excluding steroid dienone is 1. The van der Waals surface area contributed by atoms with Crippen molar-refractivity contribution in [2.75, 3.05) is 0 Å². The first-order valence-electron chi connectivity index (χ1n) is 2.67. The molecule has 0 radical (unpaired) electrons. The van der Waals surface area contributed by atoms with E-state index in [0.717, 1.165) is 11.4 Å². The topological polar surface area (TPSA) is 0 Å². The molecule has 0 aliphatic rings. The number of thiophene rings is 1. The molecule has 0 fully saturated rings. The van der Waals surface area contributed by atoms with Crippen molar-refractivity contribution < 1.29 is 0 Å². The first-order chi connectivity index (χ1) is 4.34. The van der Waals surface area contributed by atoms with Gasteiger partial charge in [-0.3, -0.25) is 0 Å². The van der Waals surface area contributed by atoms with Crippen LogP contribution in [0.2, 0.25) is 5.02 Å². The molecule has 2 heteroatoms. The Morgan fingerprint density at radius 1 is 1.78 bits per heavy atom. The molecule has 0 amide bonds. The lowest BCUT2D eigenvalue weighted by atomic mass is 10.3. The second kappa shape index (κ2) is 3.04. The molecule has 0 spiro atoms. The Hall–Kier alpha value is -0.270. The minimum Gasteiger partial charge on any atom is -0.147 e. The largest absolute Gasteiger partial charge is 0.147 e. The molecule has 1 aromatic rings. The first-order valence-corrected chi connectivity index (χ1v) is 3.93. The SMILES string of the molecule is C=CCc1sccc1Cl. The van der Waals surface area contributed by atoms with Crippen LogP contribution < -0.4 is 0 Å². The van der Waals surface area contributed by atoms with Crippen LogP contribution in [0.5, 0.6) is 0 Å². The van der Waals surface area contributed by atoms with Crippen molar-refractivity contribution in [2.45, 2.75) is 6.42 Å². The van der Waals surface area contributed by atoms with Crippen LogP contribution in [0.4, 0.5) is 0 Å². The van der Waals surface area contributed by atoms with Gasteiger partial charge in [0.1, 0.15) is 0 Å². The van der Waals surface area contributed by atoms with E-state index in [9.17, 15) is 0 Å². The standard InChI is InChI=1S/C7H7ClS/c1-2-3-7-6(8)4-5-9-7/h2,4-5H,1,3H2. The molecule has 0 aromatic carbocycles. The predicted octanol–water partition coefficient (Wildman–Crippen LogP) is 3.13. The highest BCUT2D eigenvalue weighted by Gasteiger charge is 1.96. The molecule has 0 aliphatic carbocycles. The number of hydrogen-bond acceptors (Lipinski definition) is 1. The summed E-state index contributed by atoms with van der Waals surface area (Å²) in [6.07, 6.45) is 2.74. The Morgan fingerprint density at radius 2 is 2.56 bits per heavy atom. The lowest BCUT2D eigenvalue weighted by Gasteiger charge is -1.87. The highest BCUT2D eigenvalue weighted by atomic mass is 35.5. The summed E-state index contributed by atoms with van der Waals surface area (Å²) in [6, 6.07) is 1.91. The average molecular weight is 159 g/mol. The van der Waals surface area contributed by atoms with E-state index in [1.165, 1.54) is 4.88 Å². The normalized spacial score (nSPS) is 9.44. The smallest absolute Gasteiger partial charge is 0.0548 e. The number of halogens is 1. The van der Waals surface area contributed by atoms with E-state index in [4.69, 9.17) is 11.6 Å². The Bertz CT molecular complexity index is 202. The predicted molar refractivity (Wildman–Crippen MR) is 43.2 cm³/mol. The Kier molecular flexibility index (Phi) is 2.31. The van der Waals surface area contributed by atoms with Gasteiger partial charge in [-0.1, -0.05) is 17.7 Å². The molecule has 1 rings (SSSR count). The van der Waals surface area contributed by atoms with Crippen molar-refractivity contribution in [2.24, 2.45) is 0 Å². The van der Waals surface area contributed by atoms with E-state index in [1.807, 2.05) is 17.5 Å². The molecule has 0 aliphatic heterocycles. The third-order valence-electron chi connectivity index (χ3n) is 1.02. The second-order valence-corrected chi connectivity index (χ2v) is 3.09. The zero-order valence-corrected chi connectivity index (χ0v) is 6.50. The molecule has 0 atom stereocenters. The van der Waals surface area contributed by atoms with E-state index in [1.54, 1.807) is 11.3 Å². The summed E-state index contributed by atoms with van der Waals surface area (Å²) in [7, 11) is 0. The van der Waals surface area contributed by atoms with Gasteiger partial charge in [-0.15, -0.1) is 17.9 Å². The van der Waals surface area contributed by atoms with Crippen LogP contribution in [-0.4, -0.2) is 0 Å². The maximum Gasteiger partial charge on any atom is 0.0548 e. The monoisotopic (exact) mass is 158 g/mol. The van der Waals surface area contributed by atoms with Crippen molar-refractivity contribution in [3.05, 3.63) is 34.0 Å². The number of rotatable bonds is 2. The average Bonchev–Trinajstić information content (AvgIpc) is 2.18. The van der Waals surface area contributed by atoms with Gasteiger partial charge in [0.25, 0.3) is 0 Å². The molecule has 0 saturated heterocycles. The zero-order chi connectivity index (χ0) is 6.69. The van der Waals surface area contributed by atoms with E-state index >= 15 is 0 Å². The van der Waals surface area contributed by atoms with Crippen molar-refractivity contribution in [1.29, 1.82) is 0 Å². The summed E-state index contributed by atoms with van der Waals surface area (Å²) in [6.45, 7) is 3.62. The van der Waals surface area contributed by atoms with E-state index in [-0.39, 0.29) is 0 Å². The van der Waals surface area contributed by atoms with Gasteiger partial charge >= 0.3 is 0 Å². The fourth-order valence-corrected chi connectivity index (χ4v) is 1.71. The van der Waals surface area contributed by atoms with Gasteiger partial charge < -0.3 is 0 Å². The van der Waals surface area contributed by atoms with Crippen LogP contribution in [0.15, 0.2) is 24.1 Å². The Morgan fingerprint density at radius 3 is 3.00 bits per heavy atom. The van der Waals surface area contributed by atoms with Crippen molar-refractivity contribution in [1.82, 2.24) is 0 Å². The van der Waals surface area contributed by atoms with Gasteiger partial charge in [-0.05, 0) is 11.4 Å². The molecule has 0 unspecified atom stereocenters. The fraction of sp³-hybridized carbons (Fsp3) is 0.143. The van der Waals surface area contributed by atoms with Crippen LogP contribution in [-0.2, 0) is 6.42 Å². The molecule has 1 heterocycles. The van der Waals surface area contributed by atoms with Gasteiger partial charge in [0, 0.05) is 11.3 Å². The third kappa shape index (κ3) is 1.57. The molecule has 0 N–H and O–H groups in total. The summed E-state index contributed by atoms with van der Waals surface area (Å²) in [5.74, 6) is 0. The maximum atomic E-state index is 5.78. The summed E-state index contributed by atoms with van der Waals surface area (Å²) in [5.41, 5.74) is 0. The van der Waals surface area contributed by atoms with Crippen LogP contribution in [0.25, 0.3) is 0 Å². The second-order valence-electron chi connectivity index (χ2n) is 1.68. The fourth-order valence-electron chi connectivity index (χ4n) is 0.602. The van der Waals surface area contributed by atoms with Gasteiger partial charge in [0.15, 0.2) is 0 Å². The minimum atomic E-state index is 0.861. The van der Waals surface area contributed by atoms with E-state index in [2.05, 4.69) is 6.58 Å². The van der Waals surface area contributed by atoms with E-state index < -0.39 is 0 Å². The maximum absolute atomic E-state index is 5.78. The van der Waals surface area contributed by atoms with Crippen molar-refractivity contribution in [3.8, 4) is 0 Å². The van der Waals surface area contributed by atoms with Gasteiger partial charge in [-0.25, -0.2) is 0 Å². The Labute approximate surface area is 63.8 Å². The molecule has 1 aromatic heterocycles. The minimum absolute atomic E-state index is 0.861. The summed E-state index contributed by atoms with van der Waals surface area (Å²) < 4.78 is 0. The lowest BCUT2D eigenvalue weighted by molar-refractivity contribution is 1.35. The lowest BCUT2D eigenvalue weighted by Crippen LogP contribution is -1.70. The third-order valence-corrected chi connectivity index (χ3v) is 2.43.